The fourth-order valence-corrected chi connectivity index (χ4v) is 2.68. The number of carbonyl (C=O) groups is 1. The maximum Gasteiger partial charge on any atom is 0.269 e. The molecule has 1 saturated heterocycles. The molecule has 1 aliphatic rings. The molecule has 128 valence electrons. The molecule has 1 amide bonds. The Balaban J connectivity index is 0.00000264. The molecule has 0 spiro atoms. The Morgan fingerprint density at radius 1 is 1.22 bits per heavy atom. The van der Waals surface area contributed by atoms with Crippen LogP contribution in [0.3, 0.4) is 0 Å². The van der Waals surface area contributed by atoms with Gasteiger partial charge in [0.1, 0.15) is 0 Å². The molecule has 2 rings (SSSR count). The van der Waals surface area contributed by atoms with Gasteiger partial charge in [0.25, 0.3) is 5.69 Å². The van der Waals surface area contributed by atoms with Crippen molar-refractivity contribution < 1.29 is 9.72 Å². The highest BCUT2D eigenvalue weighted by Gasteiger charge is 2.19. The van der Waals surface area contributed by atoms with E-state index in [2.05, 4.69) is 10.6 Å². The molecule has 0 bridgehead atoms. The van der Waals surface area contributed by atoms with E-state index in [0.29, 0.717) is 6.54 Å². The lowest BCUT2D eigenvalue weighted by molar-refractivity contribution is -0.384. The first-order chi connectivity index (χ1) is 10.7. The number of aryl methyl sites for hydroxylation is 1. The minimum absolute atomic E-state index is 0. The SMILES string of the molecule is Cl.O=C(NCCCCc1ccc([N+](=O)[O-])cc1)C1CCNCC1. The number of rotatable bonds is 7. The van der Waals surface area contributed by atoms with E-state index in [1.807, 2.05) is 0 Å². The van der Waals surface area contributed by atoms with Crippen molar-refractivity contribution in [3.05, 3.63) is 39.9 Å². The summed E-state index contributed by atoms with van der Waals surface area (Å²) in [6.45, 7) is 2.56. The van der Waals surface area contributed by atoms with Gasteiger partial charge in [0.05, 0.1) is 4.92 Å². The predicted octanol–water partition coefficient (Wildman–Crippen LogP) is 2.46. The fourth-order valence-electron chi connectivity index (χ4n) is 2.68. The van der Waals surface area contributed by atoms with Gasteiger partial charge < -0.3 is 10.6 Å². The second kappa shape index (κ2) is 10.2. The number of nitrogens with zero attached hydrogens (tertiary/aromatic N) is 1. The van der Waals surface area contributed by atoms with Crippen LogP contribution in [0.25, 0.3) is 0 Å². The second-order valence-electron chi connectivity index (χ2n) is 5.70. The number of piperidine rings is 1. The number of nitro groups is 1. The van der Waals surface area contributed by atoms with Crippen molar-refractivity contribution in [2.24, 2.45) is 5.92 Å². The molecule has 2 N–H and O–H groups in total. The first-order valence-electron chi connectivity index (χ1n) is 7.88. The van der Waals surface area contributed by atoms with E-state index in [1.165, 1.54) is 12.1 Å². The van der Waals surface area contributed by atoms with Crippen molar-refractivity contribution in [3.63, 3.8) is 0 Å². The summed E-state index contributed by atoms with van der Waals surface area (Å²) < 4.78 is 0. The van der Waals surface area contributed by atoms with Crippen molar-refractivity contribution in [1.82, 2.24) is 10.6 Å². The zero-order valence-corrected chi connectivity index (χ0v) is 13.9. The number of amides is 1. The van der Waals surface area contributed by atoms with Gasteiger partial charge in [0.15, 0.2) is 0 Å². The van der Waals surface area contributed by atoms with Crippen LogP contribution in [0.5, 0.6) is 0 Å². The average Bonchev–Trinajstić information content (AvgIpc) is 2.55. The molecule has 1 aliphatic heterocycles. The maximum absolute atomic E-state index is 11.9. The first-order valence-corrected chi connectivity index (χ1v) is 7.88. The monoisotopic (exact) mass is 341 g/mol. The minimum atomic E-state index is -0.389. The largest absolute Gasteiger partial charge is 0.356 e. The number of benzene rings is 1. The van der Waals surface area contributed by atoms with Crippen LogP contribution in [0.15, 0.2) is 24.3 Å². The summed E-state index contributed by atoms with van der Waals surface area (Å²) >= 11 is 0. The molecule has 0 aliphatic carbocycles. The number of unbranched alkanes of at least 4 members (excludes halogenated alkanes) is 1. The number of nitrogens with one attached hydrogen (secondary N) is 2. The summed E-state index contributed by atoms with van der Waals surface area (Å²) in [5.41, 5.74) is 1.22. The highest BCUT2D eigenvalue weighted by atomic mass is 35.5. The highest BCUT2D eigenvalue weighted by molar-refractivity contribution is 5.85. The highest BCUT2D eigenvalue weighted by Crippen LogP contribution is 2.14. The fraction of sp³-hybridized carbons (Fsp3) is 0.562. The minimum Gasteiger partial charge on any atom is -0.356 e. The summed E-state index contributed by atoms with van der Waals surface area (Å²) in [4.78, 5) is 22.1. The van der Waals surface area contributed by atoms with Crippen LogP contribution >= 0.6 is 12.4 Å². The standard InChI is InChI=1S/C16H23N3O3.ClH/c20-16(14-8-11-17-12-9-14)18-10-2-1-3-13-4-6-15(7-5-13)19(21)22;/h4-7,14,17H,1-3,8-12H2,(H,18,20);1H. The second-order valence-corrected chi connectivity index (χ2v) is 5.70. The van der Waals surface area contributed by atoms with Crippen molar-refractivity contribution in [3.8, 4) is 0 Å². The topological polar surface area (TPSA) is 84.3 Å². The molecule has 0 aromatic heterocycles. The van der Waals surface area contributed by atoms with Crippen LogP contribution in [0.1, 0.15) is 31.2 Å². The molecule has 7 heteroatoms. The number of hydrogen-bond acceptors (Lipinski definition) is 4. The lowest BCUT2D eigenvalue weighted by atomic mass is 9.97. The molecule has 0 saturated carbocycles. The molecule has 1 fully saturated rings. The molecular formula is C16H24ClN3O3. The van der Waals surface area contributed by atoms with Gasteiger partial charge >= 0.3 is 0 Å². The first kappa shape index (κ1) is 19.4. The van der Waals surface area contributed by atoms with E-state index in [0.717, 1.165) is 50.8 Å². The normalized spacial score (nSPS) is 14.8. The molecule has 1 heterocycles. The van der Waals surface area contributed by atoms with Gasteiger partial charge in [-0.05, 0) is 50.8 Å². The molecular weight excluding hydrogens is 318 g/mol. The predicted molar refractivity (Wildman–Crippen MR) is 91.9 cm³/mol. The van der Waals surface area contributed by atoms with Gasteiger partial charge in [-0.15, -0.1) is 12.4 Å². The molecule has 1 aromatic carbocycles. The van der Waals surface area contributed by atoms with Crippen LogP contribution in [0.4, 0.5) is 5.69 Å². The van der Waals surface area contributed by atoms with Crippen LogP contribution < -0.4 is 10.6 Å². The van der Waals surface area contributed by atoms with Crippen LogP contribution in [-0.4, -0.2) is 30.5 Å². The Hall–Kier alpha value is -1.66. The molecule has 0 radical (unpaired) electrons. The summed E-state index contributed by atoms with van der Waals surface area (Å²) in [5, 5.41) is 16.8. The summed E-state index contributed by atoms with van der Waals surface area (Å²) in [6, 6.07) is 6.67. The maximum atomic E-state index is 11.9. The van der Waals surface area contributed by atoms with Crippen molar-refractivity contribution in [2.75, 3.05) is 19.6 Å². The lowest BCUT2D eigenvalue weighted by Crippen LogP contribution is -2.38. The third kappa shape index (κ3) is 6.54. The van der Waals surface area contributed by atoms with Gasteiger partial charge in [-0.1, -0.05) is 12.1 Å². The molecule has 6 nitrogen and oxygen atoms in total. The number of non-ortho nitro benzene ring substituents is 1. The van der Waals surface area contributed by atoms with E-state index in [9.17, 15) is 14.9 Å². The lowest BCUT2D eigenvalue weighted by Gasteiger charge is -2.21. The smallest absolute Gasteiger partial charge is 0.269 e. The van der Waals surface area contributed by atoms with Crippen molar-refractivity contribution in [1.29, 1.82) is 0 Å². The summed E-state index contributed by atoms with van der Waals surface area (Å²) in [7, 11) is 0. The van der Waals surface area contributed by atoms with Crippen molar-refractivity contribution >= 4 is 24.0 Å². The van der Waals surface area contributed by atoms with Gasteiger partial charge in [-0.2, -0.15) is 0 Å². The number of halogens is 1. The van der Waals surface area contributed by atoms with E-state index in [4.69, 9.17) is 0 Å². The summed E-state index contributed by atoms with van der Waals surface area (Å²) in [5.74, 6) is 0.341. The Kier molecular flexibility index (Phi) is 8.58. The quantitative estimate of drug-likeness (QED) is 0.453. The van der Waals surface area contributed by atoms with Gasteiger partial charge in [-0.3, -0.25) is 14.9 Å². The van der Waals surface area contributed by atoms with Crippen molar-refractivity contribution in [2.45, 2.75) is 32.1 Å². The molecule has 0 unspecified atom stereocenters. The van der Waals surface area contributed by atoms with Crippen LogP contribution in [0.2, 0.25) is 0 Å². The van der Waals surface area contributed by atoms with E-state index in [1.54, 1.807) is 12.1 Å². The van der Waals surface area contributed by atoms with Gasteiger partial charge in [-0.25, -0.2) is 0 Å². The molecule has 23 heavy (non-hydrogen) atoms. The van der Waals surface area contributed by atoms with E-state index >= 15 is 0 Å². The van der Waals surface area contributed by atoms with E-state index < -0.39 is 0 Å². The number of hydrogen-bond donors (Lipinski definition) is 2. The Morgan fingerprint density at radius 3 is 2.48 bits per heavy atom. The third-order valence-electron chi connectivity index (χ3n) is 4.05. The Bertz CT molecular complexity index is 502. The number of nitro benzene ring substituents is 1. The van der Waals surface area contributed by atoms with Crippen LogP contribution in [-0.2, 0) is 11.2 Å². The van der Waals surface area contributed by atoms with Crippen LogP contribution in [0, 0.1) is 16.0 Å². The molecule has 1 aromatic rings. The summed E-state index contributed by atoms with van der Waals surface area (Å²) in [6.07, 6.45) is 4.61. The van der Waals surface area contributed by atoms with Gasteiger partial charge in [0.2, 0.25) is 5.91 Å². The van der Waals surface area contributed by atoms with E-state index in [-0.39, 0.29) is 34.8 Å². The Morgan fingerprint density at radius 2 is 1.87 bits per heavy atom. The Labute approximate surface area is 142 Å². The molecule has 0 atom stereocenters. The zero-order chi connectivity index (χ0) is 15.8. The van der Waals surface area contributed by atoms with Gasteiger partial charge in [0, 0.05) is 24.6 Å². The third-order valence-corrected chi connectivity index (χ3v) is 4.05. The average molecular weight is 342 g/mol. The zero-order valence-electron chi connectivity index (χ0n) is 13.1. The number of carbonyl (C=O) groups excluding carboxylic acids is 1.